The Morgan fingerprint density at radius 2 is 1.85 bits per heavy atom. The summed E-state index contributed by atoms with van der Waals surface area (Å²) in [4.78, 5) is 23.1. The third kappa shape index (κ3) is 3.99. The number of ether oxygens (including phenoxy) is 2. The van der Waals surface area contributed by atoms with Crippen molar-refractivity contribution in [2.75, 3.05) is 13.2 Å². The van der Waals surface area contributed by atoms with Crippen molar-refractivity contribution in [2.24, 2.45) is 11.5 Å². The van der Waals surface area contributed by atoms with Gasteiger partial charge in [-0.3, -0.25) is 4.79 Å². The van der Waals surface area contributed by atoms with Gasteiger partial charge in [-0.15, -0.1) is 0 Å². The number of rotatable bonds is 7. The average molecular weight is 471 g/mol. The Labute approximate surface area is 193 Å². The number of carbonyl (C=O) groups is 2. The molecule has 0 radical (unpaired) electrons. The number of aliphatic carboxylic acids is 1. The number of benzene rings is 3. The molecule has 33 heavy (non-hydrogen) atoms. The minimum Gasteiger partial charge on any atom is -0.481 e. The number of primary amides is 1. The van der Waals surface area contributed by atoms with Crippen LogP contribution in [0.25, 0.3) is 11.1 Å². The number of carboxylic acid groups (broad SMARTS) is 1. The van der Waals surface area contributed by atoms with Crippen LogP contribution in [0.15, 0.2) is 54.6 Å². The molecule has 0 saturated carbocycles. The maximum Gasteiger partial charge on any atom is 0.341 e. The highest BCUT2D eigenvalue weighted by atomic mass is 35.5. The number of carboxylic acids is 1. The first-order valence-electron chi connectivity index (χ1n) is 10.0. The lowest BCUT2D eigenvalue weighted by atomic mass is 9.85. The molecule has 1 amide bonds. The molecule has 170 valence electrons. The van der Waals surface area contributed by atoms with Crippen LogP contribution in [0.4, 0.5) is 4.39 Å². The third-order valence-electron chi connectivity index (χ3n) is 5.59. The van der Waals surface area contributed by atoms with E-state index in [1.54, 1.807) is 6.07 Å². The second-order valence-corrected chi connectivity index (χ2v) is 8.00. The summed E-state index contributed by atoms with van der Waals surface area (Å²) < 4.78 is 27.0. The summed E-state index contributed by atoms with van der Waals surface area (Å²) in [7, 11) is 0. The molecule has 5 N–H and O–H groups in total. The van der Waals surface area contributed by atoms with Crippen molar-refractivity contribution in [2.45, 2.75) is 12.0 Å². The normalized spacial score (nSPS) is 16.7. The maximum atomic E-state index is 15.6. The molecule has 1 aliphatic rings. The molecule has 0 fully saturated rings. The molecule has 0 aliphatic carbocycles. The molecule has 1 atom stereocenters. The molecule has 4 rings (SSSR count). The Kier molecular flexibility index (Phi) is 5.97. The van der Waals surface area contributed by atoms with Gasteiger partial charge in [0.2, 0.25) is 5.91 Å². The fourth-order valence-corrected chi connectivity index (χ4v) is 4.34. The maximum absolute atomic E-state index is 15.6. The van der Waals surface area contributed by atoms with E-state index >= 15 is 4.39 Å². The zero-order valence-corrected chi connectivity index (χ0v) is 18.1. The molecule has 3 aromatic rings. The molecule has 1 aliphatic heterocycles. The van der Waals surface area contributed by atoms with Crippen molar-refractivity contribution < 1.29 is 28.6 Å². The van der Waals surface area contributed by atoms with Crippen molar-refractivity contribution in [3.63, 3.8) is 0 Å². The van der Waals surface area contributed by atoms with E-state index in [4.69, 9.17) is 37.6 Å². The van der Waals surface area contributed by atoms with Crippen molar-refractivity contribution in [1.82, 2.24) is 0 Å². The summed E-state index contributed by atoms with van der Waals surface area (Å²) >= 11 is 6.51. The number of hydrogen-bond acceptors (Lipinski definition) is 5. The zero-order valence-electron chi connectivity index (χ0n) is 17.3. The van der Waals surface area contributed by atoms with Crippen LogP contribution < -0.4 is 20.9 Å². The van der Waals surface area contributed by atoms with E-state index in [0.29, 0.717) is 11.3 Å². The highest BCUT2D eigenvalue weighted by molar-refractivity contribution is 6.34. The molecular formula is C24H20ClFN2O5. The van der Waals surface area contributed by atoms with Gasteiger partial charge in [-0.05, 0) is 29.8 Å². The smallest absolute Gasteiger partial charge is 0.341 e. The SMILES string of the molecule is NCC1(c2ccccc2)Cc2c(ccc(Cl)c2-c2c(C(N)=O)ccc(OCC(=O)O)c2F)O1. The number of amides is 1. The first-order chi connectivity index (χ1) is 15.8. The largest absolute Gasteiger partial charge is 0.481 e. The van der Waals surface area contributed by atoms with E-state index in [0.717, 1.165) is 11.6 Å². The summed E-state index contributed by atoms with van der Waals surface area (Å²) in [5.41, 5.74) is 12.0. The van der Waals surface area contributed by atoms with Crippen molar-refractivity contribution in [1.29, 1.82) is 0 Å². The van der Waals surface area contributed by atoms with Gasteiger partial charge in [-0.2, -0.15) is 0 Å². The Bertz CT molecular complexity index is 1250. The van der Waals surface area contributed by atoms with E-state index in [1.165, 1.54) is 12.1 Å². The van der Waals surface area contributed by atoms with Gasteiger partial charge >= 0.3 is 5.97 Å². The second kappa shape index (κ2) is 8.73. The molecule has 1 heterocycles. The van der Waals surface area contributed by atoms with Gasteiger partial charge in [0.25, 0.3) is 0 Å². The van der Waals surface area contributed by atoms with Gasteiger partial charge in [0.1, 0.15) is 5.75 Å². The number of nitrogens with two attached hydrogens (primary N) is 2. The molecule has 0 aromatic heterocycles. The fraction of sp³-hybridized carbons (Fsp3) is 0.167. The first kappa shape index (κ1) is 22.6. The van der Waals surface area contributed by atoms with Crippen LogP contribution >= 0.6 is 11.6 Å². The highest BCUT2D eigenvalue weighted by Gasteiger charge is 2.42. The van der Waals surface area contributed by atoms with Crippen LogP contribution in [-0.4, -0.2) is 30.1 Å². The van der Waals surface area contributed by atoms with Gasteiger partial charge in [-0.25, -0.2) is 9.18 Å². The lowest BCUT2D eigenvalue weighted by molar-refractivity contribution is -0.139. The van der Waals surface area contributed by atoms with Crippen LogP contribution in [-0.2, 0) is 16.8 Å². The molecule has 0 spiro atoms. The zero-order chi connectivity index (χ0) is 23.8. The average Bonchev–Trinajstić information content (AvgIpc) is 3.19. The topological polar surface area (TPSA) is 125 Å². The van der Waals surface area contributed by atoms with Gasteiger partial charge in [0.15, 0.2) is 23.8 Å². The molecule has 7 nitrogen and oxygen atoms in total. The Morgan fingerprint density at radius 1 is 1.12 bits per heavy atom. The van der Waals surface area contributed by atoms with E-state index in [9.17, 15) is 9.59 Å². The van der Waals surface area contributed by atoms with E-state index in [1.807, 2.05) is 30.3 Å². The summed E-state index contributed by atoms with van der Waals surface area (Å²) in [5, 5.41) is 9.05. The number of carbonyl (C=O) groups excluding carboxylic acids is 1. The molecule has 3 aromatic carbocycles. The van der Waals surface area contributed by atoms with E-state index in [2.05, 4.69) is 0 Å². The molecule has 0 bridgehead atoms. The summed E-state index contributed by atoms with van der Waals surface area (Å²) in [6.07, 6.45) is 0.261. The monoisotopic (exact) mass is 470 g/mol. The van der Waals surface area contributed by atoms with Crippen LogP contribution in [0.5, 0.6) is 11.5 Å². The minimum absolute atomic E-state index is 0.129. The molecule has 9 heteroatoms. The predicted molar refractivity (Wildman–Crippen MR) is 120 cm³/mol. The van der Waals surface area contributed by atoms with Crippen LogP contribution in [0.3, 0.4) is 0 Å². The number of halogens is 2. The molecule has 1 unspecified atom stereocenters. The van der Waals surface area contributed by atoms with E-state index < -0.39 is 29.9 Å². The van der Waals surface area contributed by atoms with Crippen LogP contribution in [0.2, 0.25) is 5.02 Å². The lowest BCUT2D eigenvalue weighted by Crippen LogP contribution is -2.39. The van der Waals surface area contributed by atoms with E-state index in [-0.39, 0.29) is 40.4 Å². The Balaban J connectivity index is 1.91. The molecular weight excluding hydrogens is 451 g/mol. The van der Waals surface area contributed by atoms with Gasteiger partial charge in [0.05, 0.1) is 5.56 Å². The Morgan fingerprint density at radius 3 is 2.48 bits per heavy atom. The number of hydrogen-bond donors (Lipinski definition) is 3. The predicted octanol–water partition coefficient (Wildman–Crippen LogP) is 3.50. The summed E-state index contributed by atoms with van der Waals surface area (Å²) in [5.74, 6) is -3.02. The first-order valence-corrected chi connectivity index (χ1v) is 10.4. The lowest BCUT2D eigenvalue weighted by Gasteiger charge is -2.27. The third-order valence-corrected chi connectivity index (χ3v) is 5.90. The van der Waals surface area contributed by atoms with Crippen molar-refractivity contribution >= 4 is 23.5 Å². The highest BCUT2D eigenvalue weighted by Crippen LogP contribution is 2.49. The van der Waals surface area contributed by atoms with Gasteiger partial charge < -0.3 is 26.0 Å². The number of fused-ring (bicyclic) bond motifs is 1. The fourth-order valence-electron chi connectivity index (χ4n) is 4.07. The summed E-state index contributed by atoms with van der Waals surface area (Å²) in [6.45, 7) is -0.629. The standard InChI is InChI=1S/C24H20ClFN2O5/c25-16-7-9-17-15(10-24(12-27,33-17)13-4-2-1-3-5-13)20(16)21-14(23(28)31)6-8-18(22(21)26)32-11-19(29)30/h1-9H,10-12,27H2,(H2,28,31)(H,29,30). The van der Waals surface area contributed by atoms with Crippen LogP contribution in [0, 0.1) is 5.82 Å². The quantitative estimate of drug-likeness (QED) is 0.485. The van der Waals surface area contributed by atoms with Gasteiger partial charge in [0, 0.05) is 34.7 Å². The van der Waals surface area contributed by atoms with Crippen molar-refractivity contribution in [3.8, 4) is 22.6 Å². The second-order valence-electron chi connectivity index (χ2n) is 7.59. The minimum atomic E-state index is -1.28. The summed E-state index contributed by atoms with van der Waals surface area (Å²) in [6, 6.07) is 15.0. The van der Waals surface area contributed by atoms with Gasteiger partial charge in [-0.1, -0.05) is 41.9 Å². The van der Waals surface area contributed by atoms with Crippen LogP contribution in [0.1, 0.15) is 21.5 Å². The molecule has 0 saturated heterocycles. The van der Waals surface area contributed by atoms with Crippen molar-refractivity contribution in [3.05, 3.63) is 82.1 Å². The Hall–Kier alpha value is -3.62.